The highest BCUT2D eigenvalue weighted by atomic mass is 16.5. The molecule has 0 saturated heterocycles. The summed E-state index contributed by atoms with van der Waals surface area (Å²) in [7, 11) is 5.21. The van der Waals surface area contributed by atoms with Gasteiger partial charge in [0.15, 0.2) is 5.96 Å². The Morgan fingerprint density at radius 1 is 1.15 bits per heavy atom. The maximum atomic E-state index is 11.5. The molecule has 1 rings (SSSR count). The number of hydrogen-bond acceptors (Lipinski definition) is 5. The molecule has 0 bridgehead atoms. The standard InChI is InChI=1S/C19H32N4O3/c1-5-20-19(21-11-13-23(2)12-6-14-25-3)22-15-16-7-9-17(10-8-16)18(24)26-4/h7-10H,5-6,11-15H2,1-4H3,(H2,20,21,22). The third-order valence-electron chi connectivity index (χ3n) is 3.81. The van der Waals surface area contributed by atoms with Crippen LogP contribution in [0.4, 0.5) is 0 Å². The summed E-state index contributed by atoms with van der Waals surface area (Å²) in [5.41, 5.74) is 1.58. The minimum atomic E-state index is -0.329. The van der Waals surface area contributed by atoms with Crippen LogP contribution in [0, 0.1) is 0 Å². The molecule has 7 heteroatoms. The number of carbonyl (C=O) groups excluding carboxylic acids is 1. The maximum Gasteiger partial charge on any atom is 0.337 e. The van der Waals surface area contributed by atoms with Crippen LogP contribution in [0.15, 0.2) is 29.3 Å². The van der Waals surface area contributed by atoms with E-state index in [2.05, 4.69) is 27.6 Å². The minimum absolute atomic E-state index is 0.329. The molecule has 26 heavy (non-hydrogen) atoms. The summed E-state index contributed by atoms with van der Waals surface area (Å²) in [6.45, 7) is 6.93. The zero-order chi connectivity index (χ0) is 19.2. The van der Waals surface area contributed by atoms with Crippen LogP contribution in [0.5, 0.6) is 0 Å². The summed E-state index contributed by atoms with van der Waals surface area (Å²) < 4.78 is 9.77. The monoisotopic (exact) mass is 364 g/mol. The van der Waals surface area contributed by atoms with E-state index in [0.717, 1.165) is 50.7 Å². The third-order valence-corrected chi connectivity index (χ3v) is 3.81. The number of guanidine groups is 1. The summed E-state index contributed by atoms with van der Waals surface area (Å²) in [6.07, 6.45) is 1.03. The molecule has 0 spiro atoms. The molecule has 146 valence electrons. The van der Waals surface area contributed by atoms with E-state index in [4.69, 9.17) is 9.47 Å². The smallest absolute Gasteiger partial charge is 0.337 e. The predicted molar refractivity (Wildman–Crippen MR) is 105 cm³/mol. The second kappa shape index (κ2) is 13.1. The molecule has 0 fully saturated rings. The Bertz CT molecular complexity index is 546. The van der Waals surface area contributed by atoms with Crippen molar-refractivity contribution in [2.45, 2.75) is 19.9 Å². The lowest BCUT2D eigenvalue weighted by Gasteiger charge is -2.18. The lowest BCUT2D eigenvalue weighted by atomic mass is 10.1. The number of nitrogens with one attached hydrogen (secondary N) is 2. The van der Waals surface area contributed by atoms with Crippen LogP contribution in [0.1, 0.15) is 29.3 Å². The van der Waals surface area contributed by atoms with Gasteiger partial charge in [0.1, 0.15) is 0 Å². The number of hydrogen-bond donors (Lipinski definition) is 2. The van der Waals surface area contributed by atoms with Gasteiger partial charge in [-0.1, -0.05) is 12.1 Å². The Kier molecular flexibility index (Phi) is 11.1. The SMILES string of the molecule is CCNC(=NCc1ccc(C(=O)OC)cc1)NCCN(C)CCCOC. The number of benzene rings is 1. The lowest BCUT2D eigenvalue weighted by molar-refractivity contribution is 0.0600. The van der Waals surface area contributed by atoms with Crippen LogP contribution >= 0.6 is 0 Å². The molecule has 0 aliphatic rings. The topological polar surface area (TPSA) is 75.2 Å². The first-order chi connectivity index (χ1) is 12.6. The van der Waals surface area contributed by atoms with Gasteiger partial charge in [0.2, 0.25) is 0 Å². The molecule has 0 aliphatic heterocycles. The molecular formula is C19H32N4O3. The van der Waals surface area contributed by atoms with Crippen LogP contribution in [0.25, 0.3) is 0 Å². The van der Waals surface area contributed by atoms with Gasteiger partial charge in [0, 0.05) is 39.9 Å². The number of rotatable bonds is 11. The van der Waals surface area contributed by atoms with Crippen LogP contribution < -0.4 is 10.6 Å². The summed E-state index contributed by atoms with van der Waals surface area (Å²) in [5.74, 6) is 0.458. The van der Waals surface area contributed by atoms with Crippen LogP contribution in [-0.2, 0) is 16.0 Å². The van der Waals surface area contributed by atoms with Gasteiger partial charge < -0.3 is 25.0 Å². The highest BCUT2D eigenvalue weighted by Crippen LogP contribution is 2.06. The van der Waals surface area contributed by atoms with Gasteiger partial charge in [-0.05, 0) is 38.1 Å². The third kappa shape index (κ3) is 8.82. The van der Waals surface area contributed by atoms with Crippen molar-refractivity contribution < 1.29 is 14.3 Å². The predicted octanol–water partition coefficient (Wildman–Crippen LogP) is 1.50. The molecule has 0 aromatic heterocycles. The van der Waals surface area contributed by atoms with Crippen LogP contribution in [0.2, 0.25) is 0 Å². The highest BCUT2D eigenvalue weighted by molar-refractivity contribution is 5.89. The fraction of sp³-hybridized carbons (Fsp3) is 0.579. The van der Waals surface area contributed by atoms with Gasteiger partial charge in [-0.25, -0.2) is 9.79 Å². The number of aliphatic imine (C=N–C) groups is 1. The van der Waals surface area contributed by atoms with Crippen molar-refractivity contribution in [3.05, 3.63) is 35.4 Å². The first kappa shape index (κ1) is 21.9. The van der Waals surface area contributed by atoms with E-state index in [1.54, 1.807) is 19.2 Å². The van der Waals surface area contributed by atoms with Crippen molar-refractivity contribution in [3.8, 4) is 0 Å². The molecule has 1 aromatic carbocycles. The maximum absolute atomic E-state index is 11.5. The minimum Gasteiger partial charge on any atom is -0.465 e. The van der Waals surface area contributed by atoms with Gasteiger partial charge >= 0.3 is 5.97 Å². The van der Waals surface area contributed by atoms with Crippen molar-refractivity contribution >= 4 is 11.9 Å². The van der Waals surface area contributed by atoms with Crippen LogP contribution in [0.3, 0.4) is 0 Å². The van der Waals surface area contributed by atoms with E-state index >= 15 is 0 Å². The summed E-state index contributed by atoms with van der Waals surface area (Å²) in [6, 6.07) is 7.30. The Hall–Kier alpha value is -2.12. The van der Waals surface area contributed by atoms with Crippen molar-refractivity contribution in [1.29, 1.82) is 0 Å². The first-order valence-corrected chi connectivity index (χ1v) is 8.97. The van der Waals surface area contributed by atoms with Crippen molar-refractivity contribution in [3.63, 3.8) is 0 Å². The molecular weight excluding hydrogens is 332 g/mol. The Morgan fingerprint density at radius 3 is 2.50 bits per heavy atom. The normalized spacial score (nSPS) is 11.5. The zero-order valence-electron chi connectivity index (χ0n) is 16.4. The second-order valence-electron chi connectivity index (χ2n) is 5.96. The summed E-state index contributed by atoms with van der Waals surface area (Å²) in [4.78, 5) is 18.3. The quantitative estimate of drug-likeness (QED) is 0.268. The van der Waals surface area contributed by atoms with E-state index in [1.807, 2.05) is 19.1 Å². The fourth-order valence-corrected chi connectivity index (χ4v) is 2.33. The van der Waals surface area contributed by atoms with Gasteiger partial charge in [-0.3, -0.25) is 0 Å². The van der Waals surface area contributed by atoms with E-state index in [-0.39, 0.29) is 5.97 Å². The largest absolute Gasteiger partial charge is 0.465 e. The van der Waals surface area contributed by atoms with Crippen molar-refractivity contribution in [2.24, 2.45) is 4.99 Å². The second-order valence-corrected chi connectivity index (χ2v) is 5.96. The van der Waals surface area contributed by atoms with Gasteiger partial charge in [-0.15, -0.1) is 0 Å². The van der Waals surface area contributed by atoms with Gasteiger partial charge in [-0.2, -0.15) is 0 Å². The molecule has 0 saturated carbocycles. The number of likely N-dealkylation sites (N-methyl/N-ethyl adjacent to an activating group) is 1. The number of nitrogens with zero attached hydrogens (tertiary/aromatic N) is 2. The lowest BCUT2D eigenvalue weighted by Crippen LogP contribution is -2.41. The average Bonchev–Trinajstić information content (AvgIpc) is 2.66. The molecule has 7 nitrogen and oxygen atoms in total. The van der Waals surface area contributed by atoms with E-state index in [0.29, 0.717) is 12.1 Å². The number of esters is 1. The van der Waals surface area contributed by atoms with E-state index < -0.39 is 0 Å². The molecule has 0 amide bonds. The highest BCUT2D eigenvalue weighted by Gasteiger charge is 2.04. The molecule has 0 heterocycles. The average molecular weight is 364 g/mol. The Labute approximate surface area is 156 Å². The van der Waals surface area contributed by atoms with Crippen molar-refractivity contribution in [2.75, 3.05) is 54.1 Å². The van der Waals surface area contributed by atoms with Crippen molar-refractivity contribution in [1.82, 2.24) is 15.5 Å². The zero-order valence-corrected chi connectivity index (χ0v) is 16.4. The molecule has 0 atom stereocenters. The Balaban J connectivity index is 2.46. The number of ether oxygens (including phenoxy) is 2. The summed E-state index contributed by atoms with van der Waals surface area (Å²) in [5, 5.41) is 6.59. The summed E-state index contributed by atoms with van der Waals surface area (Å²) >= 11 is 0. The van der Waals surface area contributed by atoms with Gasteiger partial charge in [0.25, 0.3) is 0 Å². The van der Waals surface area contributed by atoms with E-state index in [1.165, 1.54) is 7.11 Å². The molecule has 0 aliphatic carbocycles. The van der Waals surface area contributed by atoms with Crippen LogP contribution in [-0.4, -0.2) is 70.9 Å². The fourth-order valence-electron chi connectivity index (χ4n) is 2.33. The van der Waals surface area contributed by atoms with E-state index in [9.17, 15) is 4.79 Å². The Morgan fingerprint density at radius 2 is 1.88 bits per heavy atom. The molecule has 2 N–H and O–H groups in total. The number of methoxy groups -OCH3 is 2. The molecule has 0 unspecified atom stereocenters. The molecule has 1 aromatic rings. The van der Waals surface area contributed by atoms with Gasteiger partial charge in [0.05, 0.1) is 19.2 Å². The number of carbonyl (C=O) groups is 1. The first-order valence-electron chi connectivity index (χ1n) is 8.97. The molecule has 0 radical (unpaired) electrons.